The first-order valence-corrected chi connectivity index (χ1v) is 8.20. The van der Waals surface area contributed by atoms with Crippen molar-refractivity contribution in [1.29, 1.82) is 0 Å². The molecule has 0 bridgehead atoms. The average Bonchev–Trinajstić information content (AvgIpc) is 2.68. The lowest BCUT2D eigenvalue weighted by atomic mass is 10.1. The van der Waals surface area contributed by atoms with Crippen LogP contribution in [0.3, 0.4) is 0 Å². The van der Waals surface area contributed by atoms with Gasteiger partial charge in [-0.2, -0.15) is 0 Å². The number of benzene rings is 2. The molecule has 1 aromatic heterocycles. The Balaban J connectivity index is 1.62. The van der Waals surface area contributed by atoms with E-state index in [-0.39, 0.29) is 0 Å². The number of guanidine groups is 1. The van der Waals surface area contributed by atoms with E-state index < -0.39 is 0 Å². The lowest BCUT2D eigenvalue weighted by Crippen LogP contribution is -2.36. The second kappa shape index (κ2) is 8.15. The summed E-state index contributed by atoms with van der Waals surface area (Å²) in [6.07, 6.45) is 1.84. The number of aromatic nitrogens is 1. The maximum atomic E-state index is 5.25. The van der Waals surface area contributed by atoms with Crippen LogP contribution in [0.4, 0.5) is 0 Å². The van der Waals surface area contributed by atoms with Gasteiger partial charge in [0, 0.05) is 25.2 Å². The fourth-order valence-electron chi connectivity index (χ4n) is 2.68. The van der Waals surface area contributed by atoms with Crippen LogP contribution in [-0.2, 0) is 13.1 Å². The van der Waals surface area contributed by atoms with Crippen LogP contribution in [0.25, 0.3) is 10.8 Å². The number of hydrogen-bond acceptors (Lipinski definition) is 3. The van der Waals surface area contributed by atoms with E-state index in [1.807, 2.05) is 42.6 Å². The number of fused-ring (bicyclic) bond motifs is 1. The van der Waals surface area contributed by atoms with Gasteiger partial charge in [-0.1, -0.05) is 36.4 Å². The summed E-state index contributed by atoms with van der Waals surface area (Å²) in [4.78, 5) is 8.77. The Morgan fingerprint density at radius 1 is 1.04 bits per heavy atom. The van der Waals surface area contributed by atoms with Gasteiger partial charge in [-0.15, -0.1) is 0 Å². The second-order valence-electron chi connectivity index (χ2n) is 5.61. The highest BCUT2D eigenvalue weighted by Gasteiger charge is 2.04. The molecule has 0 aliphatic rings. The van der Waals surface area contributed by atoms with Gasteiger partial charge in [0.15, 0.2) is 5.96 Å². The molecule has 0 saturated heterocycles. The van der Waals surface area contributed by atoms with E-state index in [0.717, 1.165) is 28.4 Å². The molecule has 3 aromatic rings. The van der Waals surface area contributed by atoms with Crippen LogP contribution in [0.15, 0.2) is 65.8 Å². The van der Waals surface area contributed by atoms with Gasteiger partial charge in [-0.05, 0) is 29.1 Å². The highest BCUT2D eigenvalue weighted by Crippen LogP contribution is 2.16. The molecule has 3 rings (SSSR count). The first-order valence-electron chi connectivity index (χ1n) is 8.20. The lowest BCUT2D eigenvalue weighted by molar-refractivity contribution is 0.414. The molecule has 0 saturated carbocycles. The third-order valence-corrected chi connectivity index (χ3v) is 4.00. The Labute approximate surface area is 147 Å². The summed E-state index contributed by atoms with van der Waals surface area (Å²) in [5, 5.41) is 8.97. The third-order valence-electron chi connectivity index (χ3n) is 4.00. The molecule has 0 unspecified atom stereocenters. The minimum atomic E-state index is 0.610. The van der Waals surface area contributed by atoms with Crippen molar-refractivity contribution in [3.8, 4) is 5.75 Å². The number of pyridine rings is 1. The van der Waals surface area contributed by atoms with Gasteiger partial charge in [-0.3, -0.25) is 9.98 Å². The first-order chi connectivity index (χ1) is 12.3. The normalized spacial score (nSPS) is 11.4. The maximum absolute atomic E-state index is 5.25. The summed E-state index contributed by atoms with van der Waals surface area (Å²) in [5.74, 6) is 1.58. The molecule has 1 heterocycles. The van der Waals surface area contributed by atoms with E-state index in [1.54, 1.807) is 14.2 Å². The van der Waals surface area contributed by atoms with E-state index >= 15 is 0 Å². The molecular formula is C20H22N4O. The van der Waals surface area contributed by atoms with Crippen LogP contribution in [0, 0.1) is 0 Å². The topological polar surface area (TPSA) is 58.5 Å². The van der Waals surface area contributed by atoms with Crippen molar-refractivity contribution in [1.82, 2.24) is 15.6 Å². The Hall–Kier alpha value is -3.08. The van der Waals surface area contributed by atoms with Crippen molar-refractivity contribution >= 4 is 16.7 Å². The van der Waals surface area contributed by atoms with Gasteiger partial charge < -0.3 is 15.4 Å². The van der Waals surface area contributed by atoms with Crippen molar-refractivity contribution in [3.05, 3.63) is 72.1 Å². The van der Waals surface area contributed by atoms with E-state index in [4.69, 9.17) is 4.74 Å². The predicted molar refractivity (Wildman–Crippen MR) is 102 cm³/mol. The zero-order valence-corrected chi connectivity index (χ0v) is 14.5. The summed E-state index contributed by atoms with van der Waals surface area (Å²) >= 11 is 0. The van der Waals surface area contributed by atoms with Crippen LogP contribution in [0.2, 0.25) is 0 Å². The van der Waals surface area contributed by atoms with Crippen molar-refractivity contribution in [3.63, 3.8) is 0 Å². The number of methoxy groups -OCH3 is 1. The fourth-order valence-corrected chi connectivity index (χ4v) is 2.68. The number of ether oxygens (including phenoxy) is 1. The predicted octanol–water partition coefficient (Wildman–Crippen LogP) is 3.11. The molecule has 0 aliphatic heterocycles. The Bertz CT molecular complexity index is 871. The van der Waals surface area contributed by atoms with Gasteiger partial charge in [0.25, 0.3) is 0 Å². The van der Waals surface area contributed by atoms with Crippen LogP contribution in [0.5, 0.6) is 5.75 Å². The average molecular weight is 334 g/mol. The van der Waals surface area contributed by atoms with Crippen molar-refractivity contribution in [2.75, 3.05) is 14.2 Å². The Morgan fingerprint density at radius 3 is 2.72 bits per heavy atom. The molecule has 0 spiro atoms. The zero-order valence-electron chi connectivity index (χ0n) is 14.5. The molecule has 5 nitrogen and oxygen atoms in total. The lowest BCUT2D eigenvalue weighted by Gasteiger charge is -2.13. The smallest absolute Gasteiger partial charge is 0.191 e. The molecule has 5 heteroatoms. The summed E-state index contributed by atoms with van der Waals surface area (Å²) < 4.78 is 5.25. The van der Waals surface area contributed by atoms with E-state index in [2.05, 4.69) is 38.8 Å². The number of nitrogens with one attached hydrogen (secondary N) is 2. The summed E-state index contributed by atoms with van der Waals surface area (Å²) in [7, 11) is 3.43. The standard InChI is InChI=1S/C20H22N4O/c1-21-20(23-13-15-6-5-8-17(12-15)25-2)24-14-19-18-9-4-3-7-16(18)10-11-22-19/h3-12H,13-14H2,1-2H3,(H2,21,23,24). The van der Waals surface area contributed by atoms with E-state index in [0.29, 0.717) is 13.1 Å². The second-order valence-corrected chi connectivity index (χ2v) is 5.61. The Morgan fingerprint density at radius 2 is 1.88 bits per heavy atom. The number of nitrogens with zero attached hydrogens (tertiary/aromatic N) is 2. The molecule has 0 amide bonds. The number of hydrogen-bond donors (Lipinski definition) is 2. The molecule has 0 fully saturated rings. The van der Waals surface area contributed by atoms with Gasteiger partial charge >= 0.3 is 0 Å². The highest BCUT2D eigenvalue weighted by molar-refractivity contribution is 5.85. The summed E-state index contributed by atoms with van der Waals surface area (Å²) in [5.41, 5.74) is 2.13. The van der Waals surface area contributed by atoms with E-state index in [1.165, 1.54) is 5.39 Å². The molecule has 0 aliphatic carbocycles. The minimum absolute atomic E-state index is 0.610. The van der Waals surface area contributed by atoms with Crippen LogP contribution < -0.4 is 15.4 Å². The fraction of sp³-hybridized carbons (Fsp3) is 0.200. The van der Waals surface area contributed by atoms with Gasteiger partial charge in [0.1, 0.15) is 5.75 Å². The van der Waals surface area contributed by atoms with Crippen molar-refractivity contribution < 1.29 is 4.74 Å². The largest absolute Gasteiger partial charge is 0.497 e. The van der Waals surface area contributed by atoms with Crippen molar-refractivity contribution in [2.45, 2.75) is 13.1 Å². The molecule has 25 heavy (non-hydrogen) atoms. The van der Waals surface area contributed by atoms with Gasteiger partial charge in [0.2, 0.25) is 0 Å². The van der Waals surface area contributed by atoms with Crippen LogP contribution in [-0.4, -0.2) is 25.1 Å². The SMILES string of the molecule is CN=C(NCc1cccc(OC)c1)NCc1nccc2ccccc12. The highest BCUT2D eigenvalue weighted by atomic mass is 16.5. The summed E-state index contributed by atoms with van der Waals surface area (Å²) in [6.45, 7) is 1.28. The van der Waals surface area contributed by atoms with E-state index in [9.17, 15) is 0 Å². The molecule has 128 valence electrons. The number of rotatable bonds is 5. The minimum Gasteiger partial charge on any atom is -0.497 e. The molecule has 0 radical (unpaired) electrons. The van der Waals surface area contributed by atoms with Crippen LogP contribution >= 0.6 is 0 Å². The van der Waals surface area contributed by atoms with Gasteiger partial charge in [-0.25, -0.2) is 0 Å². The summed E-state index contributed by atoms with van der Waals surface area (Å²) in [6, 6.07) is 18.2. The third kappa shape index (κ3) is 4.26. The molecular weight excluding hydrogens is 312 g/mol. The zero-order chi connectivity index (χ0) is 17.5. The maximum Gasteiger partial charge on any atom is 0.191 e. The quantitative estimate of drug-likeness (QED) is 0.556. The molecule has 2 aromatic carbocycles. The first kappa shape index (κ1) is 16.8. The van der Waals surface area contributed by atoms with Gasteiger partial charge in [0.05, 0.1) is 19.3 Å². The number of aliphatic imine (C=N–C) groups is 1. The molecule has 0 atom stereocenters. The molecule has 2 N–H and O–H groups in total. The Kier molecular flexibility index (Phi) is 5.46. The van der Waals surface area contributed by atoms with Crippen LogP contribution in [0.1, 0.15) is 11.3 Å². The van der Waals surface area contributed by atoms with Crippen molar-refractivity contribution in [2.24, 2.45) is 4.99 Å². The monoisotopic (exact) mass is 334 g/mol.